The van der Waals surface area contributed by atoms with Crippen LogP contribution < -0.4 is 5.32 Å². The lowest BCUT2D eigenvalue weighted by Crippen LogP contribution is -2.35. The smallest absolute Gasteiger partial charge is 0.252 e. The molecule has 1 amide bonds. The van der Waals surface area contributed by atoms with Crippen LogP contribution in [-0.4, -0.2) is 42.1 Å². The average Bonchev–Trinajstić information content (AvgIpc) is 3.27. The van der Waals surface area contributed by atoms with E-state index in [9.17, 15) is 4.79 Å². The molecule has 0 bridgehead atoms. The van der Waals surface area contributed by atoms with Crippen LogP contribution in [0.25, 0.3) is 22.2 Å². The van der Waals surface area contributed by atoms with E-state index in [1.54, 1.807) is 0 Å². The number of hydrogen-bond donors (Lipinski definition) is 2. The van der Waals surface area contributed by atoms with Gasteiger partial charge in [-0.15, -0.1) is 12.4 Å². The highest BCUT2D eigenvalue weighted by Gasteiger charge is 2.26. The summed E-state index contributed by atoms with van der Waals surface area (Å²) in [7, 11) is 0. The first kappa shape index (κ1) is 19.3. The van der Waals surface area contributed by atoms with Gasteiger partial charge in [-0.05, 0) is 29.8 Å². The molecule has 5 nitrogen and oxygen atoms in total. The van der Waals surface area contributed by atoms with Crippen molar-refractivity contribution in [2.45, 2.75) is 13.1 Å². The molecule has 2 N–H and O–H groups in total. The Morgan fingerprint density at radius 2 is 1.93 bits per heavy atom. The van der Waals surface area contributed by atoms with Gasteiger partial charge in [-0.1, -0.05) is 23.7 Å². The van der Waals surface area contributed by atoms with E-state index in [1.807, 2.05) is 12.1 Å². The number of rotatable bonds is 3. The van der Waals surface area contributed by atoms with E-state index in [0.717, 1.165) is 60.6 Å². The van der Waals surface area contributed by atoms with Crippen molar-refractivity contribution in [1.29, 1.82) is 0 Å². The summed E-state index contributed by atoms with van der Waals surface area (Å²) in [5, 5.41) is 4.66. The highest BCUT2D eigenvalue weighted by atomic mass is 35.5. The van der Waals surface area contributed by atoms with Crippen molar-refractivity contribution in [1.82, 2.24) is 15.2 Å². The number of fused-ring (bicyclic) bond motifs is 2. The number of nitrogens with one attached hydrogen (secondary N) is 2. The lowest BCUT2D eigenvalue weighted by atomic mass is 10.0. The van der Waals surface area contributed by atoms with Gasteiger partial charge < -0.3 is 15.0 Å². The molecule has 5 rings (SSSR count). The maximum absolute atomic E-state index is 12.3. The van der Waals surface area contributed by atoms with E-state index >= 15 is 0 Å². The zero-order valence-corrected chi connectivity index (χ0v) is 16.8. The largest absolute Gasteiger partial charge is 0.379 e. The summed E-state index contributed by atoms with van der Waals surface area (Å²) >= 11 is 6.27. The quantitative estimate of drug-likeness (QED) is 0.677. The molecule has 0 saturated carbocycles. The van der Waals surface area contributed by atoms with Gasteiger partial charge in [-0.3, -0.25) is 9.69 Å². The van der Waals surface area contributed by atoms with Gasteiger partial charge in [0.1, 0.15) is 0 Å². The van der Waals surface area contributed by atoms with E-state index in [4.69, 9.17) is 16.3 Å². The van der Waals surface area contributed by atoms with Crippen LogP contribution in [0.3, 0.4) is 0 Å². The predicted octanol–water partition coefficient (Wildman–Crippen LogP) is 3.99. The predicted molar refractivity (Wildman–Crippen MR) is 113 cm³/mol. The topological polar surface area (TPSA) is 57.4 Å². The van der Waals surface area contributed by atoms with Crippen molar-refractivity contribution < 1.29 is 9.53 Å². The first-order chi connectivity index (χ1) is 13.2. The van der Waals surface area contributed by atoms with E-state index in [1.165, 1.54) is 5.56 Å². The Kier molecular flexibility index (Phi) is 5.34. The fourth-order valence-corrected chi connectivity index (χ4v) is 4.20. The molecule has 3 aromatic rings. The Balaban J connectivity index is 0.00000192. The van der Waals surface area contributed by atoms with Gasteiger partial charge in [0.15, 0.2) is 0 Å². The molecular formula is C21H21Cl2N3O2. The maximum Gasteiger partial charge on any atom is 0.252 e. The van der Waals surface area contributed by atoms with Gasteiger partial charge >= 0.3 is 0 Å². The third-order valence-electron chi connectivity index (χ3n) is 5.39. The highest BCUT2D eigenvalue weighted by Crippen LogP contribution is 2.34. The summed E-state index contributed by atoms with van der Waals surface area (Å²) in [4.78, 5) is 18.2. The number of aromatic nitrogens is 1. The SMILES string of the molecule is Cl.O=C1NCc2c(Cl)ccc(-c3cc4cc(CN5CCOCC5)ccc4[nH]3)c21. The number of aromatic amines is 1. The molecule has 1 fully saturated rings. The number of benzene rings is 2. The second kappa shape index (κ2) is 7.76. The molecule has 2 aliphatic rings. The molecule has 0 radical (unpaired) electrons. The molecule has 0 spiro atoms. The number of halogens is 2. The number of carbonyl (C=O) groups excluding carboxylic acids is 1. The molecule has 1 saturated heterocycles. The summed E-state index contributed by atoms with van der Waals surface area (Å²) in [6.07, 6.45) is 0. The minimum atomic E-state index is -0.0610. The maximum atomic E-state index is 12.3. The summed E-state index contributed by atoms with van der Waals surface area (Å²) in [6.45, 7) is 4.98. The molecule has 2 aromatic carbocycles. The van der Waals surface area contributed by atoms with Gasteiger partial charge in [0.05, 0.1) is 18.8 Å². The lowest BCUT2D eigenvalue weighted by molar-refractivity contribution is 0.0342. The van der Waals surface area contributed by atoms with Crippen LogP contribution in [0.5, 0.6) is 0 Å². The van der Waals surface area contributed by atoms with Gasteiger partial charge in [0, 0.05) is 58.9 Å². The van der Waals surface area contributed by atoms with Crippen molar-refractivity contribution in [2.24, 2.45) is 0 Å². The molecule has 146 valence electrons. The third kappa shape index (κ3) is 3.40. The zero-order valence-electron chi connectivity index (χ0n) is 15.3. The molecule has 0 aliphatic carbocycles. The number of ether oxygens (including phenoxy) is 1. The normalized spacial score (nSPS) is 16.7. The number of hydrogen-bond acceptors (Lipinski definition) is 3. The van der Waals surface area contributed by atoms with Crippen molar-refractivity contribution in [2.75, 3.05) is 26.3 Å². The Labute approximate surface area is 174 Å². The Morgan fingerprint density at radius 3 is 2.75 bits per heavy atom. The number of H-pyrrole nitrogens is 1. The Bertz CT molecular complexity index is 1040. The second-order valence-electron chi connectivity index (χ2n) is 7.12. The van der Waals surface area contributed by atoms with Gasteiger partial charge in [-0.2, -0.15) is 0 Å². The Hall–Kier alpha value is -2.05. The standard InChI is InChI=1S/C21H20ClN3O2.ClH/c22-17-3-2-15(20-16(17)11-23-21(20)26)19-10-14-9-13(1-4-18(14)24-19)12-25-5-7-27-8-6-25;/h1-4,9-10,24H,5-8,11-12H2,(H,23,26);1H. The number of nitrogens with zero attached hydrogens (tertiary/aromatic N) is 1. The van der Waals surface area contributed by atoms with Gasteiger partial charge in [0.2, 0.25) is 0 Å². The molecule has 28 heavy (non-hydrogen) atoms. The first-order valence-corrected chi connectivity index (χ1v) is 9.58. The van der Waals surface area contributed by atoms with E-state index in [0.29, 0.717) is 17.1 Å². The fraction of sp³-hybridized carbons (Fsp3) is 0.286. The van der Waals surface area contributed by atoms with Crippen LogP contribution in [0.15, 0.2) is 36.4 Å². The molecule has 0 unspecified atom stereocenters. The summed E-state index contributed by atoms with van der Waals surface area (Å²) < 4.78 is 5.42. The molecule has 1 aromatic heterocycles. The second-order valence-corrected chi connectivity index (χ2v) is 7.53. The lowest BCUT2D eigenvalue weighted by Gasteiger charge is -2.26. The van der Waals surface area contributed by atoms with Crippen molar-refractivity contribution in [3.63, 3.8) is 0 Å². The van der Waals surface area contributed by atoms with E-state index in [2.05, 4.69) is 39.5 Å². The van der Waals surface area contributed by atoms with Gasteiger partial charge in [0.25, 0.3) is 5.91 Å². The average molecular weight is 418 g/mol. The van der Waals surface area contributed by atoms with Gasteiger partial charge in [-0.25, -0.2) is 0 Å². The summed E-state index contributed by atoms with van der Waals surface area (Å²) in [6, 6.07) is 12.4. The first-order valence-electron chi connectivity index (χ1n) is 9.21. The summed E-state index contributed by atoms with van der Waals surface area (Å²) in [5.74, 6) is -0.0610. The fourth-order valence-electron chi connectivity index (χ4n) is 3.98. The minimum absolute atomic E-state index is 0. The van der Waals surface area contributed by atoms with Crippen molar-refractivity contribution in [3.8, 4) is 11.3 Å². The highest BCUT2D eigenvalue weighted by molar-refractivity contribution is 6.32. The molecule has 0 atom stereocenters. The third-order valence-corrected chi connectivity index (χ3v) is 5.75. The van der Waals surface area contributed by atoms with E-state index in [-0.39, 0.29) is 18.3 Å². The molecule has 3 heterocycles. The number of morpholine rings is 1. The van der Waals surface area contributed by atoms with Crippen LogP contribution >= 0.6 is 24.0 Å². The van der Waals surface area contributed by atoms with Crippen LogP contribution in [0.4, 0.5) is 0 Å². The summed E-state index contributed by atoms with van der Waals surface area (Å²) in [5.41, 5.74) is 5.76. The van der Waals surface area contributed by atoms with Crippen LogP contribution in [0, 0.1) is 0 Å². The van der Waals surface area contributed by atoms with Crippen LogP contribution in [0.2, 0.25) is 5.02 Å². The van der Waals surface area contributed by atoms with Crippen LogP contribution in [-0.2, 0) is 17.8 Å². The molecular weight excluding hydrogens is 397 g/mol. The number of carbonyl (C=O) groups is 1. The number of amides is 1. The molecule has 2 aliphatic heterocycles. The zero-order chi connectivity index (χ0) is 18.4. The van der Waals surface area contributed by atoms with Crippen LogP contribution in [0.1, 0.15) is 21.5 Å². The Morgan fingerprint density at radius 1 is 1.11 bits per heavy atom. The van der Waals surface area contributed by atoms with Crippen molar-refractivity contribution in [3.05, 3.63) is 58.1 Å². The minimum Gasteiger partial charge on any atom is -0.379 e. The van der Waals surface area contributed by atoms with E-state index < -0.39 is 0 Å². The van der Waals surface area contributed by atoms with Crippen molar-refractivity contribution >= 4 is 40.8 Å². The monoisotopic (exact) mass is 417 g/mol. The molecule has 7 heteroatoms.